The van der Waals surface area contributed by atoms with Crippen molar-refractivity contribution in [2.45, 2.75) is 58.5 Å². The van der Waals surface area contributed by atoms with E-state index in [9.17, 15) is 9.59 Å². The highest BCUT2D eigenvalue weighted by Crippen LogP contribution is 2.40. The first-order valence-electron chi connectivity index (χ1n) is 8.77. The van der Waals surface area contributed by atoms with Gasteiger partial charge in [-0.3, -0.25) is 9.48 Å². The molecule has 1 saturated carbocycles. The summed E-state index contributed by atoms with van der Waals surface area (Å²) in [6, 6.07) is 3.48. The summed E-state index contributed by atoms with van der Waals surface area (Å²) < 4.78 is 12.0. The first-order chi connectivity index (χ1) is 12.2. The highest BCUT2D eigenvalue weighted by molar-refractivity contribution is 5.93. The third-order valence-corrected chi connectivity index (χ3v) is 4.39. The van der Waals surface area contributed by atoms with Gasteiger partial charge in [-0.05, 0) is 52.7 Å². The quantitative estimate of drug-likeness (QED) is 0.829. The minimum atomic E-state index is -0.455. The topological polar surface area (TPSA) is 86.4 Å². The molecule has 1 aliphatic rings. The van der Waals surface area contributed by atoms with E-state index in [1.165, 1.54) is 7.11 Å². The van der Waals surface area contributed by atoms with Crippen molar-refractivity contribution in [2.75, 3.05) is 7.11 Å². The lowest BCUT2D eigenvalue weighted by Gasteiger charge is -2.22. The molecule has 1 amide bonds. The molecule has 0 aromatic carbocycles. The summed E-state index contributed by atoms with van der Waals surface area (Å²) in [5, 5.41) is 7.50. The van der Waals surface area contributed by atoms with Gasteiger partial charge in [-0.2, -0.15) is 5.10 Å². The molecule has 1 N–H and O–H groups in total. The van der Waals surface area contributed by atoms with Crippen LogP contribution in [0.3, 0.4) is 0 Å². The van der Waals surface area contributed by atoms with Crippen molar-refractivity contribution in [1.29, 1.82) is 0 Å². The molecule has 0 unspecified atom stereocenters. The van der Waals surface area contributed by atoms with Crippen molar-refractivity contribution in [3.05, 3.63) is 40.6 Å². The minimum absolute atomic E-state index is 0.185. The van der Waals surface area contributed by atoms with Crippen molar-refractivity contribution in [3.63, 3.8) is 0 Å². The van der Waals surface area contributed by atoms with E-state index in [1.54, 1.807) is 17.7 Å². The summed E-state index contributed by atoms with van der Waals surface area (Å²) in [6.45, 7) is 7.93. The Labute approximate surface area is 152 Å². The summed E-state index contributed by atoms with van der Waals surface area (Å²) in [5.41, 5.74) is 1.59. The SMILES string of the molecule is COC(=O)c1cc(CNC(=O)c2cc(C3CC3)nn2C(C)(C)C)oc1C. The van der Waals surface area contributed by atoms with Crippen LogP contribution in [0.15, 0.2) is 16.5 Å². The van der Waals surface area contributed by atoms with Crippen LogP contribution in [0.1, 0.15) is 77.6 Å². The maximum Gasteiger partial charge on any atom is 0.341 e. The number of ether oxygens (including phenoxy) is 1. The lowest BCUT2D eigenvalue weighted by Crippen LogP contribution is -2.32. The van der Waals surface area contributed by atoms with Crippen LogP contribution in [0.2, 0.25) is 0 Å². The Kier molecular flexibility index (Phi) is 4.64. The first-order valence-corrected chi connectivity index (χ1v) is 8.77. The molecule has 0 bridgehead atoms. The van der Waals surface area contributed by atoms with Crippen molar-refractivity contribution < 1.29 is 18.7 Å². The van der Waals surface area contributed by atoms with Gasteiger partial charge in [0.2, 0.25) is 0 Å². The van der Waals surface area contributed by atoms with E-state index in [0.717, 1.165) is 18.5 Å². The summed E-state index contributed by atoms with van der Waals surface area (Å²) in [5.74, 6) is 0.773. The van der Waals surface area contributed by atoms with E-state index in [-0.39, 0.29) is 18.0 Å². The fourth-order valence-corrected chi connectivity index (χ4v) is 2.85. The lowest BCUT2D eigenvalue weighted by molar-refractivity contribution is 0.0598. The first kappa shape index (κ1) is 18.2. The van der Waals surface area contributed by atoms with Gasteiger partial charge in [0.25, 0.3) is 5.91 Å². The molecule has 1 aliphatic carbocycles. The number of esters is 1. The number of amides is 1. The van der Waals surface area contributed by atoms with E-state index >= 15 is 0 Å². The van der Waals surface area contributed by atoms with Crippen LogP contribution >= 0.6 is 0 Å². The number of nitrogens with zero attached hydrogens (tertiary/aromatic N) is 2. The second-order valence-electron chi connectivity index (χ2n) is 7.67. The van der Waals surface area contributed by atoms with Crippen LogP contribution in [-0.2, 0) is 16.8 Å². The van der Waals surface area contributed by atoms with Crippen molar-refractivity contribution in [1.82, 2.24) is 15.1 Å². The molecule has 0 saturated heterocycles. The van der Waals surface area contributed by atoms with Crippen molar-refractivity contribution in [2.24, 2.45) is 0 Å². The zero-order chi connectivity index (χ0) is 19.1. The van der Waals surface area contributed by atoms with Gasteiger partial charge in [0.1, 0.15) is 22.8 Å². The highest BCUT2D eigenvalue weighted by atomic mass is 16.5. The third kappa shape index (κ3) is 3.66. The van der Waals surface area contributed by atoms with E-state index < -0.39 is 5.97 Å². The van der Waals surface area contributed by atoms with Crippen LogP contribution in [0, 0.1) is 6.92 Å². The number of hydrogen-bond donors (Lipinski definition) is 1. The second-order valence-corrected chi connectivity index (χ2v) is 7.67. The van der Waals surface area contributed by atoms with Gasteiger partial charge in [0, 0.05) is 5.92 Å². The molecule has 2 heterocycles. The zero-order valence-corrected chi connectivity index (χ0v) is 15.9. The second kappa shape index (κ2) is 6.63. The number of carbonyl (C=O) groups excluding carboxylic acids is 2. The van der Waals surface area contributed by atoms with Crippen molar-refractivity contribution >= 4 is 11.9 Å². The Morgan fingerprint density at radius 3 is 2.62 bits per heavy atom. The molecule has 1 fully saturated rings. The average Bonchev–Trinajstić information content (AvgIpc) is 3.20. The predicted molar refractivity (Wildman–Crippen MR) is 95.2 cm³/mol. The van der Waals surface area contributed by atoms with Gasteiger partial charge in [-0.1, -0.05) is 0 Å². The molecule has 140 valence electrons. The van der Waals surface area contributed by atoms with Gasteiger partial charge < -0.3 is 14.5 Å². The summed E-state index contributed by atoms with van der Waals surface area (Å²) in [4.78, 5) is 24.4. The molecule has 0 radical (unpaired) electrons. The Morgan fingerprint density at radius 1 is 1.35 bits per heavy atom. The maximum absolute atomic E-state index is 12.7. The number of aromatic nitrogens is 2. The molecule has 0 spiro atoms. The highest BCUT2D eigenvalue weighted by Gasteiger charge is 2.31. The largest absolute Gasteiger partial charge is 0.465 e. The molecule has 3 rings (SSSR count). The Balaban J connectivity index is 1.75. The molecular weight excluding hydrogens is 334 g/mol. The molecule has 2 aromatic heterocycles. The van der Waals surface area contributed by atoms with Gasteiger partial charge >= 0.3 is 5.97 Å². The lowest BCUT2D eigenvalue weighted by atomic mass is 10.1. The van der Waals surface area contributed by atoms with Gasteiger partial charge in [-0.15, -0.1) is 0 Å². The van der Waals surface area contributed by atoms with Crippen LogP contribution in [0.25, 0.3) is 0 Å². The summed E-state index contributed by atoms with van der Waals surface area (Å²) in [6.07, 6.45) is 2.26. The van der Waals surface area contributed by atoms with E-state index in [1.807, 2.05) is 26.8 Å². The summed E-state index contributed by atoms with van der Waals surface area (Å²) in [7, 11) is 1.32. The van der Waals surface area contributed by atoms with Crippen LogP contribution in [0.4, 0.5) is 0 Å². The zero-order valence-electron chi connectivity index (χ0n) is 15.9. The molecule has 0 atom stereocenters. The van der Waals surface area contributed by atoms with E-state index in [2.05, 4.69) is 10.4 Å². The number of hydrogen-bond acceptors (Lipinski definition) is 5. The van der Waals surface area contributed by atoms with E-state index in [4.69, 9.17) is 9.15 Å². The molecule has 7 heteroatoms. The fourth-order valence-electron chi connectivity index (χ4n) is 2.85. The number of furan rings is 1. The number of carbonyl (C=O) groups is 2. The maximum atomic E-state index is 12.7. The fraction of sp³-hybridized carbons (Fsp3) is 0.526. The summed E-state index contributed by atoms with van der Waals surface area (Å²) >= 11 is 0. The molecular formula is C19H25N3O4. The standard InChI is InChI=1S/C19H25N3O4/c1-11-14(18(24)25-5)8-13(26-11)10-20-17(23)16-9-15(12-6-7-12)21-22(16)19(2,3)4/h8-9,12H,6-7,10H2,1-5H3,(H,20,23). The number of methoxy groups -OCH3 is 1. The Bertz CT molecular complexity index is 838. The normalized spacial score (nSPS) is 14.3. The third-order valence-electron chi connectivity index (χ3n) is 4.39. The number of nitrogens with one attached hydrogen (secondary N) is 1. The van der Waals surface area contributed by atoms with Gasteiger partial charge in [0.05, 0.1) is 24.9 Å². The average molecular weight is 359 g/mol. The molecule has 2 aromatic rings. The Morgan fingerprint density at radius 2 is 2.04 bits per heavy atom. The molecule has 7 nitrogen and oxygen atoms in total. The molecule has 0 aliphatic heterocycles. The smallest absolute Gasteiger partial charge is 0.341 e. The minimum Gasteiger partial charge on any atom is -0.465 e. The van der Waals surface area contributed by atoms with Crippen LogP contribution < -0.4 is 5.32 Å². The number of aryl methyl sites for hydroxylation is 1. The van der Waals surface area contributed by atoms with Crippen LogP contribution in [-0.4, -0.2) is 28.8 Å². The Hall–Kier alpha value is -2.57. The monoisotopic (exact) mass is 359 g/mol. The van der Waals surface area contributed by atoms with Crippen LogP contribution in [0.5, 0.6) is 0 Å². The number of rotatable bonds is 5. The van der Waals surface area contributed by atoms with Gasteiger partial charge in [-0.25, -0.2) is 4.79 Å². The van der Waals surface area contributed by atoms with Crippen molar-refractivity contribution in [3.8, 4) is 0 Å². The van der Waals surface area contributed by atoms with E-state index in [0.29, 0.717) is 28.7 Å². The predicted octanol–water partition coefficient (Wildman–Crippen LogP) is 3.13. The molecule has 26 heavy (non-hydrogen) atoms. The van der Waals surface area contributed by atoms with Gasteiger partial charge in [0.15, 0.2) is 0 Å².